The zero-order valence-corrected chi connectivity index (χ0v) is 42.2. The fourth-order valence-corrected chi connectivity index (χ4v) is 14.5. The lowest BCUT2D eigenvalue weighted by atomic mass is 9.72. The number of benzene rings is 9. The Kier molecular flexibility index (Phi) is 7.66. The molecule has 15 rings (SSSR count). The number of nitrogens with zero attached hydrogens (tertiary/aromatic N) is 1. The molecular weight excluding hydrogens is 863 g/mol. The van der Waals surface area contributed by atoms with Gasteiger partial charge in [0.15, 0.2) is 0 Å². The number of hydrogen-bond acceptors (Lipinski definition) is 3. The molecule has 0 saturated heterocycles. The molecule has 11 aromatic rings. The van der Waals surface area contributed by atoms with Crippen molar-refractivity contribution in [3.63, 3.8) is 0 Å². The maximum atomic E-state index is 7.06. The zero-order valence-electron chi connectivity index (χ0n) is 42.2. The van der Waals surface area contributed by atoms with E-state index < -0.39 is 0 Å². The van der Waals surface area contributed by atoms with E-state index in [1.54, 1.807) is 0 Å². The van der Waals surface area contributed by atoms with Crippen molar-refractivity contribution in [3.05, 3.63) is 207 Å². The lowest BCUT2D eigenvalue weighted by Gasteiger charge is -2.32. The summed E-state index contributed by atoms with van der Waals surface area (Å²) in [6, 6.07) is 57.2. The van der Waals surface area contributed by atoms with Crippen LogP contribution in [0.1, 0.15) is 111 Å². The van der Waals surface area contributed by atoms with Crippen LogP contribution in [-0.2, 0) is 21.7 Å². The molecule has 9 aromatic carbocycles. The molecule has 0 amide bonds. The Bertz CT molecular complexity index is 4260. The van der Waals surface area contributed by atoms with Gasteiger partial charge in [0, 0.05) is 65.8 Å². The van der Waals surface area contributed by atoms with Crippen molar-refractivity contribution in [1.29, 1.82) is 0 Å². The van der Waals surface area contributed by atoms with Crippen molar-refractivity contribution < 1.29 is 8.83 Å². The smallest absolute Gasteiger partial charge is 0.144 e. The van der Waals surface area contributed by atoms with Crippen molar-refractivity contribution in [2.45, 2.75) is 90.9 Å². The second-order valence-corrected chi connectivity index (χ2v) is 23.3. The first-order chi connectivity index (χ1) is 34.1. The van der Waals surface area contributed by atoms with Crippen LogP contribution in [0.15, 0.2) is 160 Å². The number of anilines is 3. The minimum absolute atomic E-state index is 0.171. The average Bonchev–Trinajstić information content (AvgIpc) is 4.14. The number of fused-ring (bicyclic) bond motifs is 22. The van der Waals surface area contributed by atoms with Crippen molar-refractivity contribution in [2.24, 2.45) is 0 Å². The Morgan fingerprint density at radius 1 is 0.366 bits per heavy atom. The van der Waals surface area contributed by atoms with Crippen LogP contribution in [0.2, 0.25) is 0 Å². The molecule has 0 atom stereocenters. The fourth-order valence-electron chi connectivity index (χ4n) is 14.5. The Hall–Kier alpha value is -7.62. The van der Waals surface area contributed by atoms with Gasteiger partial charge in [-0.15, -0.1) is 0 Å². The summed E-state index contributed by atoms with van der Waals surface area (Å²) >= 11 is 0. The monoisotopic (exact) mass is 917 g/mol. The summed E-state index contributed by atoms with van der Waals surface area (Å²) < 4.78 is 13.5. The largest absolute Gasteiger partial charge is 0.456 e. The van der Waals surface area contributed by atoms with E-state index in [0.717, 1.165) is 33.7 Å². The summed E-state index contributed by atoms with van der Waals surface area (Å²) in [5, 5.41) is 4.83. The molecule has 0 fully saturated rings. The van der Waals surface area contributed by atoms with Gasteiger partial charge in [0.1, 0.15) is 22.3 Å². The SMILES string of the molecule is Cc1ccc(N(c2ccc3c(c2)C(C)(C)c2cc4c(cc2-3)C(C)(C)c2ccc3oc5ccccc5c3c2-4)c2ccc3c(c2)C(C)(C)c2c4c(c5c(oc6ccccc65)c2-3)-c2ccccc2C4(C)C)c(C)c1. The first-order valence-electron chi connectivity index (χ1n) is 25.5. The first kappa shape index (κ1) is 41.2. The van der Waals surface area contributed by atoms with Crippen LogP contribution in [-0.4, -0.2) is 0 Å². The predicted molar refractivity (Wildman–Crippen MR) is 295 cm³/mol. The Labute approximate surface area is 415 Å². The van der Waals surface area contributed by atoms with Crippen LogP contribution in [0, 0.1) is 13.8 Å². The van der Waals surface area contributed by atoms with E-state index in [1.165, 1.54) is 127 Å². The van der Waals surface area contributed by atoms with Gasteiger partial charge in [0.25, 0.3) is 0 Å². The molecule has 0 bridgehead atoms. The molecule has 0 unspecified atom stereocenters. The molecule has 0 radical (unpaired) electrons. The van der Waals surface area contributed by atoms with Gasteiger partial charge >= 0.3 is 0 Å². The van der Waals surface area contributed by atoms with Gasteiger partial charge in [0.2, 0.25) is 0 Å². The molecule has 3 nitrogen and oxygen atoms in total. The van der Waals surface area contributed by atoms with Crippen LogP contribution in [0.25, 0.3) is 88.4 Å². The number of hydrogen-bond donors (Lipinski definition) is 0. The lowest BCUT2D eigenvalue weighted by molar-refractivity contribution is 0.600. The Morgan fingerprint density at radius 2 is 0.930 bits per heavy atom. The van der Waals surface area contributed by atoms with Crippen LogP contribution in [0.3, 0.4) is 0 Å². The molecule has 2 aromatic heterocycles. The Morgan fingerprint density at radius 3 is 1.68 bits per heavy atom. The summed E-state index contributed by atoms with van der Waals surface area (Å²) in [6.45, 7) is 23.9. The van der Waals surface area contributed by atoms with E-state index in [-0.39, 0.29) is 21.7 Å². The van der Waals surface area contributed by atoms with E-state index in [4.69, 9.17) is 8.83 Å². The first-order valence-corrected chi connectivity index (χ1v) is 25.5. The lowest BCUT2D eigenvalue weighted by Crippen LogP contribution is -2.24. The second-order valence-electron chi connectivity index (χ2n) is 23.3. The van der Waals surface area contributed by atoms with E-state index in [0.29, 0.717) is 0 Å². The third-order valence-electron chi connectivity index (χ3n) is 18.0. The van der Waals surface area contributed by atoms with Crippen molar-refractivity contribution in [2.75, 3.05) is 4.90 Å². The number of furan rings is 2. The zero-order chi connectivity index (χ0) is 48.4. The van der Waals surface area contributed by atoms with Gasteiger partial charge in [-0.2, -0.15) is 0 Å². The van der Waals surface area contributed by atoms with Gasteiger partial charge in [-0.05, 0) is 164 Å². The van der Waals surface area contributed by atoms with E-state index in [2.05, 4.69) is 226 Å². The fraction of sp³-hybridized carbons (Fsp3) is 0.206. The highest BCUT2D eigenvalue weighted by molar-refractivity contribution is 6.21. The second kappa shape index (κ2) is 13.2. The third-order valence-corrected chi connectivity index (χ3v) is 18.0. The van der Waals surface area contributed by atoms with E-state index in [9.17, 15) is 0 Å². The van der Waals surface area contributed by atoms with Crippen LogP contribution in [0.4, 0.5) is 17.1 Å². The van der Waals surface area contributed by atoms with Gasteiger partial charge in [-0.25, -0.2) is 0 Å². The van der Waals surface area contributed by atoms with Gasteiger partial charge in [0.05, 0.1) is 0 Å². The van der Waals surface area contributed by atoms with Crippen molar-refractivity contribution in [3.8, 4) is 44.5 Å². The minimum atomic E-state index is -0.325. The molecular formula is C68H55NO2. The van der Waals surface area contributed by atoms with Crippen molar-refractivity contribution >= 4 is 60.9 Å². The summed E-state index contributed by atoms with van der Waals surface area (Å²) in [4.78, 5) is 2.52. The number of para-hydroxylation sites is 2. The van der Waals surface area contributed by atoms with Gasteiger partial charge < -0.3 is 13.7 Å². The van der Waals surface area contributed by atoms with Crippen LogP contribution in [0.5, 0.6) is 0 Å². The molecule has 344 valence electrons. The molecule has 4 aliphatic rings. The van der Waals surface area contributed by atoms with Gasteiger partial charge in [-0.3, -0.25) is 0 Å². The summed E-state index contributed by atoms with van der Waals surface area (Å²) in [5.41, 5.74) is 30.4. The topological polar surface area (TPSA) is 29.5 Å². The maximum Gasteiger partial charge on any atom is 0.144 e. The molecule has 0 aliphatic heterocycles. The molecule has 3 heteroatoms. The Balaban J connectivity index is 0.918. The van der Waals surface area contributed by atoms with E-state index in [1.807, 2.05) is 0 Å². The molecule has 71 heavy (non-hydrogen) atoms. The number of rotatable bonds is 3. The number of aryl methyl sites for hydroxylation is 2. The summed E-state index contributed by atoms with van der Waals surface area (Å²) in [6.07, 6.45) is 0. The van der Waals surface area contributed by atoms with Gasteiger partial charge in [-0.1, -0.05) is 152 Å². The van der Waals surface area contributed by atoms with Crippen molar-refractivity contribution in [1.82, 2.24) is 0 Å². The normalized spacial score (nSPS) is 16.5. The summed E-state index contributed by atoms with van der Waals surface area (Å²) in [5.74, 6) is 0. The summed E-state index contributed by atoms with van der Waals surface area (Å²) in [7, 11) is 0. The molecule has 4 aliphatic carbocycles. The molecule has 0 N–H and O–H groups in total. The highest BCUT2D eigenvalue weighted by Crippen LogP contribution is 2.64. The van der Waals surface area contributed by atoms with E-state index >= 15 is 0 Å². The highest BCUT2D eigenvalue weighted by Gasteiger charge is 2.49. The highest BCUT2D eigenvalue weighted by atomic mass is 16.3. The third kappa shape index (κ3) is 4.99. The molecule has 0 spiro atoms. The average molecular weight is 918 g/mol. The molecule has 0 saturated carbocycles. The van der Waals surface area contributed by atoms with Crippen LogP contribution >= 0.6 is 0 Å². The van der Waals surface area contributed by atoms with Crippen LogP contribution < -0.4 is 4.90 Å². The quantitative estimate of drug-likeness (QED) is 0.177. The minimum Gasteiger partial charge on any atom is -0.456 e. The molecule has 2 heterocycles. The maximum absolute atomic E-state index is 7.06. The predicted octanol–water partition coefficient (Wildman–Crippen LogP) is 18.8. The standard InChI is InChI=1S/C68H55NO2/c1-36-23-29-53(37(2)31-36)69(38-24-26-40-45-34-52-46(35-51(45)66(5,6)49(40)32-38)57-48(65(52,3)4)28-30-56-58(57)43-18-12-15-21-54(43)70-56)39-25-27-42-50(33-39)68(9,10)63-61(42)64-60(44-19-13-16-22-55(44)71-64)59-41-17-11-14-20-47(41)67(7,8)62(59)63/h11-35H,1-10H3.